The zero-order chi connectivity index (χ0) is 16.4. The number of carboxylic acid groups (broad SMARTS) is 1. The van der Waals surface area contributed by atoms with E-state index in [0.29, 0.717) is 49.5 Å². The summed E-state index contributed by atoms with van der Waals surface area (Å²) in [6, 6.07) is 1.76. The van der Waals surface area contributed by atoms with E-state index in [9.17, 15) is 14.7 Å². The van der Waals surface area contributed by atoms with Crippen LogP contribution < -0.4 is 5.32 Å². The Morgan fingerprint density at radius 1 is 1.48 bits per heavy atom. The molecular formula is C15H19N3O4S. The molecule has 0 bridgehead atoms. The summed E-state index contributed by atoms with van der Waals surface area (Å²) in [7, 11) is 0. The van der Waals surface area contributed by atoms with Gasteiger partial charge < -0.3 is 20.4 Å². The Hall–Kier alpha value is -1.64. The van der Waals surface area contributed by atoms with Crippen molar-refractivity contribution in [2.45, 2.75) is 24.0 Å². The average molecular weight is 337 g/mol. The van der Waals surface area contributed by atoms with Crippen LogP contribution in [0.1, 0.15) is 24.5 Å². The van der Waals surface area contributed by atoms with Crippen molar-refractivity contribution in [3.05, 3.63) is 17.8 Å². The number of β-amino-alcohol motifs (C(OH)–C–C–N with tert-alkyl or cyclic N) is 1. The summed E-state index contributed by atoms with van der Waals surface area (Å²) in [5, 5.41) is 22.9. The number of anilines is 1. The summed E-state index contributed by atoms with van der Waals surface area (Å²) in [5.41, 5.74) is 1.30. The van der Waals surface area contributed by atoms with Gasteiger partial charge in [0.25, 0.3) is 0 Å². The van der Waals surface area contributed by atoms with E-state index >= 15 is 0 Å². The highest BCUT2D eigenvalue weighted by Crippen LogP contribution is 2.31. The Kier molecular flexibility index (Phi) is 4.84. The molecule has 2 aliphatic rings. The van der Waals surface area contributed by atoms with E-state index in [1.807, 2.05) is 0 Å². The SMILES string of the molecule is O=C1CSc2ncc([C@H](O)CN3CCC(C(=O)O)CC3)cc2N1. The number of hydrogen-bond donors (Lipinski definition) is 3. The molecule has 1 amide bonds. The van der Waals surface area contributed by atoms with E-state index in [2.05, 4.69) is 15.2 Å². The van der Waals surface area contributed by atoms with E-state index < -0.39 is 12.1 Å². The molecule has 0 spiro atoms. The molecule has 23 heavy (non-hydrogen) atoms. The standard InChI is InChI=1S/C15H19N3O4S/c19-12(7-18-3-1-9(2-4-18)15(21)22)10-5-11-14(16-6-10)23-8-13(20)17-11/h5-6,9,12,19H,1-4,7-8H2,(H,17,20)(H,21,22)/t12-/m1/s1. The number of likely N-dealkylation sites (tertiary alicyclic amines) is 1. The summed E-state index contributed by atoms with van der Waals surface area (Å²) in [6.07, 6.45) is 2.14. The predicted molar refractivity (Wildman–Crippen MR) is 85.4 cm³/mol. The van der Waals surface area contributed by atoms with Gasteiger partial charge in [0.2, 0.25) is 5.91 Å². The molecule has 0 aliphatic carbocycles. The summed E-state index contributed by atoms with van der Waals surface area (Å²) in [4.78, 5) is 28.7. The molecule has 3 N–H and O–H groups in total. The van der Waals surface area contributed by atoms with E-state index in [1.54, 1.807) is 12.3 Å². The lowest BCUT2D eigenvalue weighted by Gasteiger charge is -2.31. The first-order chi connectivity index (χ1) is 11.0. The number of aliphatic carboxylic acids is 1. The minimum Gasteiger partial charge on any atom is -0.481 e. The van der Waals surface area contributed by atoms with Crippen LogP contribution in [0.5, 0.6) is 0 Å². The summed E-state index contributed by atoms with van der Waals surface area (Å²) in [5.74, 6) is -0.717. The number of fused-ring (bicyclic) bond motifs is 1. The maximum atomic E-state index is 11.4. The molecule has 3 heterocycles. The minimum absolute atomic E-state index is 0.0633. The summed E-state index contributed by atoms with van der Waals surface area (Å²) >= 11 is 1.39. The van der Waals surface area contributed by atoms with E-state index in [0.717, 1.165) is 5.03 Å². The van der Waals surface area contributed by atoms with Gasteiger partial charge in [-0.3, -0.25) is 9.59 Å². The Bertz CT molecular complexity index is 617. The van der Waals surface area contributed by atoms with Gasteiger partial charge in [-0.05, 0) is 32.0 Å². The molecule has 0 radical (unpaired) electrons. The van der Waals surface area contributed by atoms with Crippen LogP contribution in [0, 0.1) is 5.92 Å². The highest BCUT2D eigenvalue weighted by atomic mass is 32.2. The number of nitrogens with one attached hydrogen (secondary N) is 1. The van der Waals surface area contributed by atoms with Crippen LogP contribution in [0.3, 0.4) is 0 Å². The fourth-order valence-corrected chi connectivity index (χ4v) is 3.62. The number of piperidine rings is 1. The lowest BCUT2D eigenvalue weighted by atomic mass is 9.96. The van der Waals surface area contributed by atoms with Crippen molar-refractivity contribution in [2.75, 3.05) is 30.7 Å². The smallest absolute Gasteiger partial charge is 0.306 e. The quantitative estimate of drug-likeness (QED) is 0.752. The van der Waals surface area contributed by atoms with Crippen molar-refractivity contribution < 1.29 is 19.8 Å². The monoisotopic (exact) mass is 337 g/mol. The van der Waals surface area contributed by atoms with Crippen molar-refractivity contribution in [1.82, 2.24) is 9.88 Å². The zero-order valence-electron chi connectivity index (χ0n) is 12.6. The van der Waals surface area contributed by atoms with Gasteiger partial charge in [0.1, 0.15) is 5.03 Å². The van der Waals surface area contributed by atoms with Gasteiger partial charge in [-0.1, -0.05) is 11.8 Å². The molecule has 3 rings (SSSR count). The molecule has 2 aliphatic heterocycles. The van der Waals surface area contributed by atoms with E-state index in [1.165, 1.54) is 11.8 Å². The molecule has 1 saturated heterocycles. The van der Waals surface area contributed by atoms with Crippen molar-refractivity contribution in [2.24, 2.45) is 5.92 Å². The molecule has 1 atom stereocenters. The van der Waals surface area contributed by atoms with Gasteiger partial charge in [0, 0.05) is 18.3 Å². The maximum absolute atomic E-state index is 11.4. The van der Waals surface area contributed by atoms with Crippen LogP contribution >= 0.6 is 11.8 Å². The number of carbonyl (C=O) groups excluding carboxylic acids is 1. The van der Waals surface area contributed by atoms with Crippen LogP contribution in [0.2, 0.25) is 0 Å². The second-order valence-corrected chi connectivity index (χ2v) is 6.85. The number of thioether (sulfide) groups is 1. The lowest BCUT2D eigenvalue weighted by molar-refractivity contribution is -0.143. The summed E-state index contributed by atoms with van der Waals surface area (Å²) < 4.78 is 0. The van der Waals surface area contributed by atoms with Gasteiger partial charge >= 0.3 is 5.97 Å². The first kappa shape index (κ1) is 16.2. The molecule has 0 aromatic carbocycles. The molecule has 1 fully saturated rings. The van der Waals surface area contributed by atoms with Crippen molar-refractivity contribution in [1.29, 1.82) is 0 Å². The Labute approximate surface area is 138 Å². The third kappa shape index (κ3) is 3.82. The maximum Gasteiger partial charge on any atom is 0.306 e. The number of carboxylic acids is 1. The number of aromatic nitrogens is 1. The number of rotatable bonds is 4. The van der Waals surface area contributed by atoms with Crippen molar-refractivity contribution in [3.8, 4) is 0 Å². The van der Waals surface area contributed by atoms with Crippen LogP contribution in [-0.2, 0) is 9.59 Å². The molecule has 8 heteroatoms. The molecule has 1 aromatic rings. The molecule has 0 saturated carbocycles. The fraction of sp³-hybridized carbons (Fsp3) is 0.533. The number of aliphatic hydroxyl groups is 1. The molecule has 124 valence electrons. The van der Waals surface area contributed by atoms with Crippen LogP contribution in [0.4, 0.5) is 5.69 Å². The third-order valence-electron chi connectivity index (χ3n) is 4.24. The number of nitrogens with zero attached hydrogens (tertiary/aromatic N) is 2. The zero-order valence-corrected chi connectivity index (χ0v) is 13.4. The number of carbonyl (C=O) groups is 2. The Morgan fingerprint density at radius 3 is 2.91 bits per heavy atom. The number of hydrogen-bond acceptors (Lipinski definition) is 6. The summed E-state index contributed by atoms with van der Waals surface area (Å²) in [6.45, 7) is 1.77. The van der Waals surface area contributed by atoms with Gasteiger partial charge in [0.05, 0.1) is 23.5 Å². The van der Waals surface area contributed by atoms with E-state index in [4.69, 9.17) is 5.11 Å². The third-order valence-corrected chi connectivity index (χ3v) is 5.24. The minimum atomic E-state index is -0.739. The predicted octanol–water partition coefficient (Wildman–Crippen LogP) is 0.956. The molecule has 7 nitrogen and oxygen atoms in total. The second-order valence-electron chi connectivity index (χ2n) is 5.89. The topological polar surface area (TPSA) is 103 Å². The first-order valence-electron chi connectivity index (χ1n) is 7.59. The Morgan fingerprint density at radius 2 is 2.22 bits per heavy atom. The average Bonchev–Trinajstić information content (AvgIpc) is 2.54. The van der Waals surface area contributed by atoms with Crippen LogP contribution in [-0.4, -0.2) is 57.4 Å². The largest absolute Gasteiger partial charge is 0.481 e. The van der Waals surface area contributed by atoms with E-state index in [-0.39, 0.29) is 11.8 Å². The number of aliphatic hydroxyl groups excluding tert-OH is 1. The lowest BCUT2D eigenvalue weighted by Crippen LogP contribution is -2.38. The van der Waals surface area contributed by atoms with Gasteiger partial charge in [-0.25, -0.2) is 4.98 Å². The normalized spacial score (nSPS) is 20.7. The highest BCUT2D eigenvalue weighted by molar-refractivity contribution is 8.00. The first-order valence-corrected chi connectivity index (χ1v) is 8.57. The van der Waals surface area contributed by atoms with Crippen LogP contribution in [0.25, 0.3) is 0 Å². The van der Waals surface area contributed by atoms with Gasteiger partial charge in [-0.15, -0.1) is 0 Å². The fourth-order valence-electron chi connectivity index (χ4n) is 2.89. The van der Waals surface area contributed by atoms with Crippen molar-refractivity contribution >= 4 is 29.3 Å². The van der Waals surface area contributed by atoms with Crippen LogP contribution in [0.15, 0.2) is 17.3 Å². The molecule has 1 aromatic heterocycles. The van der Waals surface area contributed by atoms with Gasteiger partial charge in [-0.2, -0.15) is 0 Å². The second kappa shape index (κ2) is 6.86. The number of pyridine rings is 1. The van der Waals surface area contributed by atoms with Crippen molar-refractivity contribution in [3.63, 3.8) is 0 Å². The van der Waals surface area contributed by atoms with Gasteiger partial charge in [0.15, 0.2) is 0 Å². The highest BCUT2D eigenvalue weighted by Gasteiger charge is 2.26. The number of amides is 1. The Balaban J connectivity index is 1.61. The molecular weight excluding hydrogens is 318 g/mol. The molecule has 0 unspecified atom stereocenters.